The highest BCUT2D eigenvalue weighted by Crippen LogP contribution is 2.30. The van der Waals surface area contributed by atoms with Crippen molar-refractivity contribution in [2.45, 2.75) is 0 Å². The van der Waals surface area contributed by atoms with Crippen LogP contribution in [-0.2, 0) is 0 Å². The molecule has 0 saturated carbocycles. The molecule has 0 radical (unpaired) electrons. The highest BCUT2D eigenvalue weighted by molar-refractivity contribution is 7.15. The fourth-order valence-corrected chi connectivity index (χ4v) is 4.72. The molecular weight excluding hydrogens is 534 g/mol. The topological polar surface area (TPSA) is 84.0 Å². The first-order valence-electron chi connectivity index (χ1n) is 8.74. The normalized spacial score (nSPS) is 10.8. The quantitative estimate of drug-likeness (QED) is 0.275. The van der Waals surface area contributed by atoms with Gasteiger partial charge >= 0.3 is 0 Å². The molecule has 12 heteroatoms. The molecule has 2 heterocycles. The van der Waals surface area contributed by atoms with Crippen LogP contribution in [-0.4, -0.2) is 21.8 Å². The van der Waals surface area contributed by atoms with Crippen LogP contribution in [0, 0.1) is 0 Å². The van der Waals surface area contributed by atoms with E-state index in [9.17, 15) is 9.59 Å². The summed E-state index contributed by atoms with van der Waals surface area (Å²) in [5.74, 6) is -0.855. The van der Waals surface area contributed by atoms with Crippen molar-refractivity contribution in [3.8, 4) is 11.4 Å². The first kappa shape index (κ1) is 23.0. The van der Waals surface area contributed by atoms with Crippen molar-refractivity contribution >= 4 is 91.2 Å². The Kier molecular flexibility index (Phi) is 6.99. The number of benzene rings is 2. The van der Waals surface area contributed by atoms with E-state index >= 15 is 0 Å². The summed E-state index contributed by atoms with van der Waals surface area (Å²) in [5, 5.41) is 11.0. The highest BCUT2D eigenvalue weighted by atomic mass is 35.5. The summed E-state index contributed by atoms with van der Waals surface area (Å²) >= 11 is 26.5. The Bertz CT molecular complexity index is 1240. The lowest BCUT2D eigenvalue weighted by Crippen LogP contribution is -2.12. The molecule has 2 aromatic carbocycles. The molecule has 6 nitrogen and oxygen atoms in total. The van der Waals surface area contributed by atoms with Crippen LogP contribution in [0.4, 0.5) is 10.3 Å². The molecule has 0 aliphatic rings. The van der Waals surface area contributed by atoms with Crippen LogP contribution in [0.15, 0.2) is 47.2 Å². The van der Waals surface area contributed by atoms with Crippen molar-refractivity contribution < 1.29 is 9.59 Å². The van der Waals surface area contributed by atoms with E-state index in [2.05, 4.69) is 20.6 Å². The molecule has 0 aliphatic heterocycles. The summed E-state index contributed by atoms with van der Waals surface area (Å²) in [6.45, 7) is 0. The number of carbonyl (C=O) groups excluding carboxylic acids is 2. The molecule has 2 aromatic heterocycles. The second-order valence-electron chi connectivity index (χ2n) is 6.23. The van der Waals surface area contributed by atoms with E-state index in [1.54, 1.807) is 35.0 Å². The molecule has 0 bridgehead atoms. The van der Waals surface area contributed by atoms with E-state index < -0.39 is 11.8 Å². The van der Waals surface area contributed by atoms with Gasteiger partial charge in [-0.1, -0.05) is 46.4 Å². The Morgan fingerprint density at radius 2 is 1.09 bits per heavy atom. The summed E-state index contributed by atoms with van der Waals surface area (Å²) in [4.78, 5) is 33.7. The van der Waals surface area contributed by atoms with Gasteiger partial charge < -0.3 is 0 Å². The molecule has 0 fully saturated rings. The molecule has 2 amide bonds. The Labute approximate surface area is 210 Å². The van der Waals surface area contributed by atoms with E-state index in [0.29, 0.717) is 31.7 Å². The van der Waals surface area contributed by atoms with Crippen LogP contribution in [0.2, 0.25) is 20.1 Å². The summed E-state index contributed by atoms with van der Waals surface area (Å²) < 4.78 is 0. The lowest BCUT2D eigenvalue weighted by Gasteiger charge is -2.04. The van der Waals surface area contributed by atoms with Crippen LogP contribution in [0.1, 0.15) is 20.7 Å². The van der Waals surface area contributed by atoms with E-state index in [1.807, 2.05) is 0 Å². The number of carbonyl (C=O) groups is 2. The molecule has 4 aromatic rings. The molecule has 32 heavy (non-hydrogen) atoms. The minimum Gasteiger partial charge on any atom is -0.298 e. The fourth-order valence-electron chi connectivity index (χ4n) is 2.57. The Morgan fingerprint density at radius 1 is 0.688 bits per heavy atom. The van der Waals surface area contributed by atoms with Crippen molar-refractivity contribution in [3.05, 3.63) is 78.4 Å². The zero-order chi connectivity index (χ0) is 22.8. The summed E-state index contributed by atoms with van der Waals surface area (Å²) in [6.07, 6.45) is 0. The van der Waals surface area contributed by atoms with Gasteiger partial charge in [0.05, 0.1) is 21.2 Å². The summed E-state index contributed by atoms with van der Waals surface area (Å²) in [7, 11) is 0. The van der Waals surface area contributed by atoms with Gasteiger partial charge in [0.25, 0.3) is 11.8 Å². The van der Waals surface area contributed by atoms with Crippen LogP contribution in [0.3, 0.4) is 0 Å². The number of nitrogens with one attached hydrogen (secondary N) is 2. The predicted molar refractivity (Wildman–Crippen MR) is 132 cm³/mol. The van der Waals surface area contributed by atoms with Gasteiger partial charge in [0.1, 0.15) is 11.4 Å². The second kappa shape index (κ2) is 9.74. The molecule has 0 spiro atoms. The van der Waals surface area contributed by atoms with Gasteiger partial charge in [-0.2, -0.15) is 0 Å². The molecule has 0 saturated heterocycles. The van der Waals surface area contributed by atoms with Crippen molar-refractivity contribution in [1.29, 1.82) is 0 Å². The number of rotatable bonds is 5. The van der Waals surface area contributed by atoms with Crippen LogP contribution in [0.5, 0.6) is 0 Å². The van der Waals surface area contributed by atoms with Crippen molar-refractivity contribution in [3.63, 3.8) is 0 Å². The number of hydrogen-bond acceptors (Lipinski definition) is 6. The van der Waals surface area contributed by atoms with Gasteiger partial charge in [0.2, 0.25) is 0 Å². The number of amides is 2. The monoisotopic (exact) mass is 542 g/mol. The third kappa shape index (κ3) is 5.23. The molecular formula is C20H10Cl4N4O2S2. The molecule has 162 valence electrons. The van der Waals surface area contributed by atoms with Crippen molar-refractivity contribution in [2.75, 3.05) is 10.6 Å². The predicted octanol–water partition coefficient (Wildman–Crippen LogP) is 7.38. The largest absolute Gasteiger partial charge is 0.298 e. The fraction of sp³-hybridized carbons (Fsp3) is 0. The first-order valence-corrected chi connectivity index (χ1v) is 12.0. The lowest BCUT2D eigenvalue weighted by atomic mass is 10.2. The van der Waals surface area contributed by atoms with Gasteiger partial charge in [0, 0.05) is 20.8 Å². The van der Waals surface area contributed by atoms with Crippen molar-refractivity contribution in [1.82, 2.24) is 9.97 Å². The number of thiazole rings is 2. The first-order chi connectivity index (χ1) is 15.3. The number of nitrogens with zero attached hydrogens (tertiary/aromatic N) is 2. The van der Waals surface area contributed by atoms with E-state index in [0.717, 1.165) is 0 Å². The zero-order valence-electron chi connectivity index (χ0n) is 15.7. The number of halogens is 4. The van der Waals surface area contributed by atoms with Gasteiger partial charge in [-0.15, -0.1) is 22.7 Å². The number of hydrogen-bond donors (Lipinski definition) is 2. The van der Waals surface area contributed by atoms with Crippen molar-refractivity contribution in [2.24, 2.45) is 0 Å². The zero-order valence-corrected chi connectivity index (χ0v) is 20.3. The smallest absolute Gasteiger partial charge is 0.259 e. The maximum Gasteiger partial charge on any atom is 0.259 e. The SMILES string of the molecule is O=C(Nc1nc(-c2csc(NC(=O)c3cc(Cl)ccc3Cl)n2)cs1)c1cc(Cl)ccc1Cl. The minimum absolute atomic E-state index is 0.245. The summed E-state index contributed by atoms with van der Waals surface area (Å²) in [6, 6.07) is 9.26. The average Bonchev–Trinajstić information content (AvgIpc) is 3.41. The maximum atomic E-state index is 12.5. The highest BCUT2D eigenvalue weighted by Gasteiger charge is 2.16. The Morgan fingerprint density at radius 3 is 1.50 bits per heavy atom. The van der Waals surface area contributed by atoms with Crippen LogP contribution >= 0.6 is 69.1 Å². The maximum absolute atomic E-state index is 12.5. The van der Waals surface area contributed by atoms with E-state index in [1.165, 1.54) is 34.8 Å². The molecule has 0 aliphatic carbocycles. The standard InChI is InChI=1S/C20H10Cl4N4O2S2/c21-9-1-3-13(23)11(5-9)17(29)27-19-25-15(7-31-19)16-8-32-20(26-16)28-18(30)12-6-10(22)2-4-14(12)24/h1-8H,(H,25,27,29)(H,26,28,30). The number of anilines is 2. The van der Waals surface area contributed by atoms with E-state index in [4.69, 9.17) is 46.4 Å². The van der Waals surface area contributed by atoms with Crippen LogP contribution < -0.4 is 10.6 Å². The Hall–Kier alpha value is -2.20. The second-order valence-corrected chi connectivity index (χ2v) is 9.64. The van der Waals surface area contributed by atoms with Crippen LogP contribution in [0.25, 0.3) is 11.4 Å². The minimum atomic E-state index is -0.428. The summed E-state index contributed by atoms with van der Waals surface area (Å²) in [5.41, 5.74) is 1.57. The average molecular weight is 544 g/mol. The van der Waals surface area contributed by atoms with Gasteiger partial charge in [-0.05, 0) is 36.4 Å². The molecule has 2 N–H and O–H groups in total. The Balaban J connectivity index is 1.46. The molecule has 0 atom stereocenters. The van der Waals surface area contributed by atoms with Gasteiger partial charge in [0.15, 0.2) is 10.3 Å². The third-order valence-corrected chi connectivity index (χ3v) is 6.70. The van der Waals surface area contributed by atoms with Gasteiger partial charge in [-0.3, -0.25) is 20.2 Å². The molecule has 0 unspecified atom stereocenters. The van der Waals surface area contributed by atoms with E-state index in [-0.39, 0.29) is 21.2 Å². The molecule has 4 rings (SSSR count). The third-order valence-electron chi connectivity index (χ3n) is 4.06. The van der Waals surface area contributed by atoms with Gasteiger partial charge in [-0.25, -0.2) is 9.97 Å². The number of aromatic nitrogens is 2. The lowest BCUT2D eigenvalue weighted by molar-refractivity contribution is 0.101.